The zero-order valence-corrected chi connectivity index (χ0v) is 13.3. The molecule has 8 heteroatoms. The maximum Gasteiger partial charge on any atom is 0.254 e. The number of hydrogen-bond acceptors (Lipinski definition) is 6. The van der Waals surface area contributed by atoms with Crippen LogP contribution in [0.25, 0.3) is 0 Å². The topological polar surface area (TPSA) is 94.6 Å². The fraction of sp³-hybridized carbons (Fsp3) is 0.733. The monoisotopic (exact) mass is 323 g/mol. The van der Waals surface area contributed by atoms with E-state index < -0.39 is 6.10 Å². The van der Waals surface area contributed by atoms with E-state index in [1.54, 1.807) is 0 Å². The molecule has 2 atom stereocenters. The largest absolute Gasteiger partial charge is 0.379 e. The molecule has 1 aromatic heterocycles. The second kappa shape index (κ2) is 7.87. The summed E-state index contributed by atoms with van der Waals surface area (Å²) in [4.78, 5) is 14.5. The van der Waals surface area contributed by atoms with Gasteiger partial charge in [-0.3, -0.25) is 14.4 Å². The van der Waals surface area contributed by atoms with Gasteiger partial charge in [0.2, 0.25) is 0 Å². The van der Waals surface area contributed by atoms with Crippen LogP contribution >= 0.6 is 0 Å². The van der Waals surface area contributed by atoms with E-state index in [2.05, 4.69) is 15.3 Å². The van der Waals surface area contributed by atoms with Crippen LogP contribution in [0.4, 0.5) is 5.82 Å². The normalized spacial score (nSPS) is 25.6. The smallest absolute Gasteiger partial charge is 0.254 e. The summed E-state index contributed by atoms with van der Waals surface area (Å²) in [5.41, 5.74) is 5.56. The first-order valence-electron chi connectivity index (χ1n) is 8.24. The van der Waals surface area contributed by atoms with Gasteiger partial charge in [0.25, 0.3) is 5.91 Å². The lowest BCUT2D eigenvalue weighted by atomic mass is 10.2. The highest BCUT2D eigenvalue weighted by Gasteiger charge is 2.30. The molecular weight excluding hydrogens is 298 g/mol. The quantitative estimate of drug-likeness (QED) is 0.744. The Morgan fingerprint density at radius 3 is 2.91 bits per heavy atom. The Balaban J connectivity index is 1.44. The second-order valence-corrected chi connectivity index (χ2v) is 5.97. The molecule has 2 aliphatic rings. The van der Waals surface area contributed by atoms with E-state index in [1.165, 1.54) is 0 Å². The van der Waals surface area contributed by atoms with Crippen LogP contribution in [0.5, 0.6) is 0 Å². The lowest BCUT2D eigenvalue weighted by Crippen LogP contribution is -2.38. The first kappa shape index (κ1) is 16.4. The molecule has 0 saturated carbocycles. The van der Waals surface area contributed by atoms with Crippen molar-refractivity contribution >= 4 is 11.7 Å². The van der Waals surface area contributed by atoms with Crippen LogP contribution in [0.15, 0.2) is 12.3 Å². The van der Waals surface area contributed by atoms with Crippen molar-refractivity contribution in [3.63, 3.8) is 0 Å². The number of amides is 1. The zero-order chi connectivity index (χ0) is 16.1. The number of rotatable bonds is 6. The third-order valence-corrected chi connectivity index (χ3v) is 4.30. The Kier molecular flexibility index (Phi) is 5.60. The first-order valence-corrected chi connectivity index (χ1v) is 8.24. The number of nitrogens with zero attached hydrogens (tertiary/aromatic N) is 3. The van der Waals surface area contributed by atoms with Crippen molar-refractivity contribution in [1.82, 2.24) is 14.7 Å². The van der Waals surface area contributed by atoms with Crippen molar-refractivity contribution in [2.24, 2.45) is 5.73 Å². The number of hydrogen-bond donors (Lipinski definition) is 2. The van der Waals surface area contributed by atoms with Crippen molar-refractivity contribution in [3.8, 4) is 0 Å². The van der Waals surface area contributed by atoms with Gasteiger partial charge in [-0.15, -0.1) is 0 Å². The molecule has 0 spiro atoms. The molecule has 128 valence electrons. The lowest BCUT2D eigenvalue weighted by Gasteiger charge is -2.26. The third-order valence-electron chi connectivity index (χ3n) is 4.30. The van der Waals surface area contributed by atoms with Gasteiger partial charge < -0.3 is 20.5 Å². The van der Waals surface area contributed by atoms with Gasteiger partial charge >= 0.3 is 0 Å². The van der Waals surface area contributed by atoms with Gasteiger partial charge in [-0.05, 0) is 12.8 Å². The molecule has 2 fully saturated rings. The van der Waals surface area contributed by atoms with Crippen LogP contribution in [-0.4, -0.2) is 72.2 Å². The molecule has 3 rings (SSSR count). The minimum atomic E-state index is -0.415. The Bertz CT molecular complexity index is 515. The maximum absolute atomic E-state index is 12.1. The number of aromatic nitrogens is 2. The molecule has 0 bridgehead atoms. The van der Waals surface area contributed by atoms with E-state index in [0.29, 0.717) is 18.8 Å². The predicted octanol–water partition coefficient (Wildman–Crippen LogP) is -0.340. The predicted molar refractivity (Wildman–Crippen MR) is 85.1 cm³/mol. The fourth-order valence-corrected chi connectivity index (χ4v) is 2.90. The minimum Gasteiger partial charge on any atom is -0.379 e. The van der Waals surface area contributed by atoms with E-state index >= 15 is 0 Å². The molecule has 0 radical (unpaired) electrons. The highest BCUT2D eigenvalue weighted by atomic mass is 16.5. The van der Waals surface area contributed by atoms with Crippen molar-refractivity contribution in [2.75, 3.05) is 44.7 Å². The van der Waals surface area contributed by atoms with Gasteiger partial charge in [-0.25, -0.2) is 0 Å². The molecule has 0 aliphatic carbocycles. The average Bonchev–Trinajstić information content (AvgIpc) is 3.23. The van der Waals surface area contributed by atoms with Crippen molar-refractivity contribution in [1.29, 1.82) is 0 Å². The van der Waals surface area contributed by atoms with E-state index in [1.807, 2.05) is 16.9 Å². The van der Waals surface area contributed by atoms with Crippen molar-refractivity contribution < 1.29 is 14.3 Å². The third kappa shape index (κ3) is 4.51. The number of anilines is 1. The van der Waals surface area contributed by atoms with Gasteiger partial charge in [0.05, 0.1) is 25.9 Å². The molecule has 0 aromatic carbocycles. The van der Waals surface area contributed by atoms with Gasteiger partial charge in [0.1, 0.15) is 6.10 Å². The van der Waals surface area contributed by atoms with Crippen LogP contribution in [-0.2, 0) is 20.8 Å². The summed E-state index contributed by atoms with van der Waals surface area (Å²) in [7, 11) is 0. The summed E-state index contributed by atoms with van der Waals surface area (Å²) < 4.78 is 12.8. The maximum atomic E-state index is 12.1. The summed E-state index contributed by atoms with van der Waals surface area (Å²) in [6.45, 7) is 5.71. The number of nitrogens with two attached hydrogens (primary N) is 1. The first-order chi connectivity index (χ1) is 11.2. The summed E-state index contributed by atoms with van der Waals surface area (Å²) in [5.74, 6) is 0.427. The van der Waals surface area contributed by atoms with Crippen LogP contribution in [0.1, 0.15) is 12.8 Å². The summed E-state index contributed by atoms with van der Waals surface area (Å²) in [5, 5.41) is 7.21. The van der Waals surface area contributed by atoms with Gasteiger partial charge in [0.15, 0.2) is 5.82 Å². The Morgan fingerprint density at radius 1 is 1.35 bits per heavy atom. The molecule has 2 aliphatic heterocycles. The molecular formula is C15H25N5O3. The van der Waals surface area contributed by atoms with E-state index in [-0.39, 0.29) is 12.0 Å². The zero-order valence-electron chi connectivity index (χ0n) is 13.3. The van der Waals surface area contributed by atoms with E-state index in [0.717, 1.165) is 45.8 Å². The van der Waals surface area contributed by atoms with Gasteiger partial charge in [-0.2, -0.15) is 5.10 Å². The van der Waals surface area contributed by atoms with Gasteiger partial charge in [0, 0.05) is 38.4 Å². The van der Waals surface area contributed by atoms with Crippen molar-refractivity contribution in [2.45, 2.75) is 31.6 Å². The summed E-state index contributed by atoms with van der Waals surface area (Å²) >= 11 is 0. The number of ether oxygens (including phenoxy) is 2. The molecule has 23 heavy (non-hydrogen) atoms. The average molecular weight is 323 g/mol. The highest BCUT2D eigenvalue weighted by molar-refractivity contribution is 5.93. The molecule has 3 N–H and O–H groups in total. The molecule has 1 aromatic rings. The van der Waals surface area contributed by atoms with Crippen LogP contribution < -0.4 is 11.1 Å². The van der Waals surface area contributed by atoms with Crippen LogP contribution in [0.3, 0.4) is 0 Å². The highest BCUT2D eigenvalue weighted by Crippen LogP contribution is 2.20. The van der Waals surface area contributed by atoms with E-state index in [9.17, 15) is 4.79 Å². The van der Waals surface area contributed by atoms with E-state index in [4.69, 9.17) is 15.2 Å². The summed E-state index contributed by atoms with van der Waals surface area (Å²) in [6.07, 6.45) is 3.02. The number of carbonyl (C=O) groups excluding carboxylic acids is 1. The lowest BCUT2D eigenvalue weighted by molar-refractivity contribution is -0.126. The molecule has 8 nitrogen and oxygen atoms in total. The van der Waals surface area contributed by atoms with Crippen LogP contribution in [0.2, 0.25) is 0 Å². The molecule has 2 saturated heterocycles. The summed E-state index contributed by atoms with van der Waals surface area (Å²) in [6, 6.07) is 1.81. The second-order valence-electron chi connectivity index (χ2n) is 5.97. The SMILES string of the molecule is NC[C@H]1CC[C@@H](C(=O)Nc2ccn(CCN3CCOCC3)n2)O1. The Labute approximate surface area is 135 Å². The number of carbonyl (C=O) groups is 1. The standard InChI is InChI=1S/C15H25N5O3/c16-11-12-1-2-13(23-12)15(21)17-14-3-4-20(18-14)6-5-19-7-9-22-10-8-19/h3-4,12-13H,1-2,5-11,16H2,(H,17,18,21)/t12-,13+/m1/s1. The van der Waals surface area contributed by atoms with Crippen molar-refractivity contribution in [3.05, 3.63) is 12.3 Å². The number of morpholine rings is 1. The van der Waals surface area contributed by atoms with Gasteiger partial charge in [-0.1, -0.05) is 0 Å². The molecule has 3 heterocycles. The van der Waals surface area contributed by atoms with Crippen LogP contribution in [0, 0.1) is 0 Å². The molecule has 0 unspecified atom stereocenters. The molecule has 1 amide bonds. The number of nitrogens with one attached hydrogen (secondary N) is 1. The minimum absolute atomic E-state index is 0.00294. The fourth-order valence-electron chi connectivity index (χ4n) is 2.90. The Morgan fingerprint density at radius 2 is 2.17 bits per heavy atom. The Hall–Kier alpha value is -1.48.